The Bertz CT molecular complexity index is 391. The maximum absolute atomic E-state index is 6.03. The Labute approximate surface area is 123 Å². The lowest BCUT2D eigenvalue weighted by molar-refractivity contribution is 0.230. The third kappa shape index (κ3) is 5.04. The van der Waals surface area contributed by atoms with Crippen molar-refractivity contribution in [2.75, 3.05) is 13.7 Å². The fraction of sp³-hybridized carbons (Fsp3) is 0.647. The summed E-state index contributed by atoms with van der Waals surface area (Å²) in [4.78, 5) is 0. The van der Waals surface area contributed by atoms with Crippen molar-refractivity contribution in [3.8, 4) is 11.5 Å². The number of hydrogen-bond acceptors (Lipinski definition) is 3. The molecular weight excluding hydrogens is 250 g/mol. The molecule has 0 aliphatic heterocycles. The minimum absolute atomic E-state index is 0.0355. The predicted octanol–water partition coefficient (Wildman–Crippen LogP) is 4.31. The molecule has 0 spiro atoms. The van der Waals surface area contributed by atoms with Gasteiger partial charge in [-0.05, 0) is 25.3 Å². The van der Waals surface area contributed by atoms with Crippen LogP contribution in [0.25, 0.3) is 0 Å². The molecule has 0 fully saturated rings. The average molecular weight is 279 g/mol. The van der Waals surface area contributed by atoms with E-state index in [-0.39, 0.29) is 6.04 Å². The molecule has 0 amide bonds. The molecule has 20 heavy (non-hydrogen) atoms. The number of benzene rings is 1. The summed E-state index contributed by atoms with van der Waals surface area (Å²) >= 11 is 0. The number of nitrogens with two attached hydrogens (primary N) is 1. The summed E-state index contributed by atoms with van der Waals surface area (Å²) in [6.45, 7) is 7.18. The van der Waals surface area contributed by atoms with Crippen molar-refractivity contribution >= 4 is 0 Å². The molecule has 1 rings (SSSR count). The molecule has 2 unspecified atom stereocenters. The van der Waals surface area contributed by atoms with Gasteiger partial charge in [-0.15, -0.1) is 0 Å². The van der Waals surface area contributed by atoms with Crippen LogP contribution in [0.2, 0.25) is 0 Å². The van der Waals surface area contributed by atoms with Gasteiger partial charge >= 0.3 is 0 Å². The van der Waals surface area contributed by atoms with Crippen molar-refractivity contribution in [1.29, 1.82) is 0 Å². The highest BCUT2D eigenvalue weighted by Crippen LogP contribution is 2.29. The Morgan fingerprint density at radius 2 is 2.00 bits per heavy atom. The van der Waals surface area contributed by atoms with E-state index in [9.17, 15) is 0 Å². The topological polar surface area (TPSA) is 44.5 Å². The van der Waals surface area contributed by atoms with Crippen LogP contribution in [0.3, 0.4) is 0 Å². The molecule has 0 aromatic heterocycles. The number of hydrogen-bond donors (Lipinski definition) is 1. The van der Waals surface area contributed by atoms with E-state index >= 15 is 0 Å². The SMILES string of the molecule is CCCCC(CC)COc1cc(OC)ccc1C(C)N. The van der Waals surface area contributed by atoms with Crippen molar-refractivity contribution < 1.29 is 9.47 Å². The average Bonchev–Trinajstić information content (AvgIpc) is 2.47. The van der Waals surface area contributed by atoms with E-state index in [0.717, 1.165) is 30.1 Å². The van der Waals surface area contributed by atoms with Gasteiger partial charge < -0.3 is 15.2 Å². The number of rotatable bonds is 9. The van der Waals surface area contributed by atoms with E-state index in [0.29, 0.717) is 5.92 Å². The molecule has 1 aromatic rings. The predicted molar refractivity (Wildman–Crippen MR) is 84.4 cm³/mol. The van der Waals surface area contributed by atoms with Gasteiger partial charge in [0.15, 0.2) is 0 Å². The summed E-state index contributed by atoms with van der Waals surface area (Å²) < 4.78 is 11.3. The highest BCUT2D eigenvalue weighted by molar-refractivity contribution is 5.42. The monoisotopic (exact) mass is 279 g/mol. The van der Waals surface area contributed by atoms with Crippen molar-refractivity contribution in [2.24, 2.45) is 11.7 Å². The minimum Gasteiger partial charge on any atom is -0.497 e. The normalized spacial score (nSPS) is 13.8. The van der Waals surface area contributed by atoms with Gasteiger partial charge in [0, 0.05) is 17.7 Å². The highest BCUT2D eigenvalue weighted by Gasteiger charge is 2.12. The second-order valence-electron chi connectivity index (χ2n) is 5.42. The van der Waals surface area contributed by atoms with Gasteiger partial charge in [-0.3, -0.25) is 0 Å². The van der Waals surface area contributed by atoms with Crippen LogP contribution in [0.4, 0.5) is 0 Å². The fourth-order valence-corrected chi connectivity index (χ4v) is 2.25. The van der Waals surface area contributed by atoms with Crippen LogP contribution in [-0.4, -0.2) is 13.7 Å². The molecule has 2 N–H and O–H groups in total. The number of ether oxygens (including phenoxy) is 2. The zero-order valence-corrected chi connectivity index (χ0v) is 13.3. The van der Waals surface area contributed by atoms with E-state index in [1.54, 1.807) is 7.11 Å². The molecule has 0 aliphatic rings. The van der Waals surface area contributed by atoms with E-state index in [1.807, 2.05) is 25.1 Å². The van der Waals surface area contributed by atoms with Gasteiger partial charge in [-0.2, -0.15) is 0 Å². The molecule has 3 heteroatoms. The third-order valence-electron chi connectivity index (χ3n) is 3.73. The van der Waals surface area contributed by atoms with Gasteiger partial charge in [0.05, 0.1) is 13.7 Å². The summed E-state index contributed by atoms with van der Waals surface area (Å²) in [5.41, 5.74) is 7.04. The van der Waals surface area contributed by atoms with Crippen LogP contribution in [0, 0.1) is 5.92 Å². The molecule has 0 heterocycles. The zero-order valence-electron chi connectivity index (χ0n) is 13.3. The quantitative estimate of drug-likeness (QED) is 0.732. The first-order valence-electron chi connectivity index (χ1n) is 7.68. The van der Waals surface area contributed by atoms with Gasteiger partial charge in [0.2, 0.25) is 0 Å². The lowest BCUT2D eigenvalue weighted by atomic mass is 10.0. The van der Waals surface area contributed by atoms with Crippen LogP contribution in [0.5, 0.6) is 11.5 Å². The molecule has 0 aliphatic carbocycles. The summed E-state index contributed by atoms with van der Waals surface area (Å²) in [6, 6.07) is 5.82. The van der Waals surface area contributed by atoms with Crippen LogP contribution in [0.1, 0.15) is 58.1 Å². The van der Waals surface area contributed by atoms with Crippen LogP contribution in [0.15, 0.2) is 18.2 Å². The minimum atomic E-state index is -0.0355. The largest absolute Gasteiger partial charge is 0.497 e. The zero-order chi connectivity index (χ0) is 15.0. The number of unbranched alkanes of at least 4 members (excludes halogenated alkanes) is 1. The fourth-order valence-electron chi connectivity index (χ4n) is 2.25. The Kier molecular flexibility index (Phi) is 7.45. The summed E-state index contributed by atoms with van der Waals surface area (Å²) in [5.74, 6) is 2.28. The van der Waals surface area contributed by atoms with Crippen molar-refractivity contribution in [1.82, 2.24) is 0 Å². The lowest BCUT2D eigenvalue weighted by Gasteiger charge is -2.19. The van der Waals surface area contributed by atoms with Crippen LogP contribution < -0.4 is 15.2 Å². The lowest BCUT2D eigenvalue weighted by Crippen LogP contribution is -2.14. The smallest absolute Gasteiger partial charge is 0.127 e. The van der Waals surface area contributed by atoms with Gasteiger partial charge in [0.1, 0.15) is 11.5 Å². The first-order valence-corrected chi connectivity index (χ1v) is 7.68. The molecule has 114 valence electrons. The molecule has 3 nitrogen and oxygen atoms in total. The van der Waals surface area contributed by atoms with Gasteiger partial charge in [-0.25, -0.2) is 0 Å². The second-order valence-corrected chi connectivity index (χ2v) is 5.42. The molecule has 0 saturated heterocycles. The Morgan fingerprint density at radius 3 is 2.55 bits per heavy atom. The molecule has 0 saturated carbocycles. The summed E-state index contributed by atoms with van der Waals surface area (Å²) in [5, 5.41) is 0. The Hall–Kier alpha value is -1.22. The summed E-state index contributed by atoms with van der Waals surface area (Å²) in [7, 11) is 1.67. The molecule has 0 radical (unpaired) electrons. The van der Waals surface area contributed by atoms with Crippen molar-refractivity contribution in [3.63, 3.8) is 0 Å². The molecule has 0 bridgehead atoms. The van der Waals surface area contributed by atoms with Crippen molar-refractivity contribution in [3.05, 3.63) is 23.8 Å². The molecule has 2 atom stereocenters. The van der Waals surface area contributed by atoms with Gasteiger partial charge in [0.25, 0.3) is 0 Å². The standard InChI is InChI=1S/C17H29NO2/c1-5-7-8-14(6-2)12-20-17-11-15(19-4)9-10-16(17)13(3)18/h9-11,13-14H,5-8,12,18H2,1-4H3. The summed E-state index contributed by atoms with van der Waals surface area (Å²) in [6.07, 6.45) is 4.88. The van der Waals surface area contributed by atoms with Crippen LogP contribution in [-0.2, 0) is 0 Å². The van der Waals surface area contributed by atoms with Gasteiger partial charge in [-0.1, -0.05) is 39.2 Å². The molecular formula is C17H29NO2. The Balaban J connectivity index is 2.73. The van der Waals surface area contributed by atoms with Crippen LogP contribution >= 0.6 is 0 Å². The van der Waals surface area contributed by atoms with E-state index < -0.39 is 0 Å². The maximum Gasteiger partial charge on any atom is 0.127 e. The third-order valence-corrected chi connectivity index (χ3v) is 3.73. The first-order chi connectivity index (χ1) is 9.62. The number of methoxy groups -OCH3 is 1. The van der Waals surface area contributed by atoms with E-state index in [4.69, 9.17) is 15.2 Å². The first kappa shape index (κ1) is 16.8. The second kappa shape index (κ2) is 8.85. The highest BCUT2D eigenvalue weighted by atomic mass is 16.5. The van der Waals surface area contributed by atoms with E-state index in [1.165, 1.54) is 19.3 Å². The maximum atomic E-state index is 6.03. The van der Waals surface area contributed by atoms with E-state index in [2.05, 4.69) is 13.8 Å². The molecule has 1 aromatic carbocycles. The van der Waals surface area contributed by atoms with Crippen molar-refractivity contribution in [2.45, 2.75) is 52.5 Å². The Morgan fingerprint density at radius 1 is 1.25 bits per heavy atom.